The molecule has 0 aromatic heterocycles. The van der Waals surface area contributed by atoms with Crippen molar-refractivity contribution in [1.29, 1.82) is 0 Å². The topological polar surface area (TPSA) is 0 Å². The van der Waals surface area contributed by atoms with Gasteiger partial charge in [-0.1, -0.05) is 78.9 Å². The number of rotatable bonds is 3. The molecular formula is C20H19AuClP. The van der Waals surface area contributed by atoms with E-state index in [0.29, 0.717) is 0 Å². The summed E-state index contributed by atoms with van der Waals surface area (Å²) in [6.07, 6.45) is 0. The van der Waals surface area contributed by atoms with E-state index in [1.165, 1.54) is 27.0 Å². The fraction of sp³-hybridized carbons (Fsp3) is 0.100. The standard InChI is InChI=1S/C20H19P.Au.ClH/c1-16-10-6-8-14-19(16)21(18-12-4-3-5-13-18)20-15-9-7-11-17(20)2;;/h3-15H,1-2H3;;1H/q;+1;/p-1. The van der Waals surface area contributed by atoms with Crippen molar-refractivity contribution in [3.63, 3.8) is 0 Å². The molecule has 23 heavy (non-hydrogen) atoms. The molecular weight excluding hydrogens is 504 g/mol. The number of aryl methyl sites for hydroxylation is 2. The zero-order valence-electron chi connectivity index (χ0n) is 13.1. The molecule has 0 atom stereocenters. The minimum absolute atomic E-state index is 0.488. The van der Waals surface area contributed by atoms with Gasteiger partial charge in [0.2, 0.25) is 0 Å². The average molecular weight is 523 g/mol. The molecule has 3 rings (SSSR count). The van der Waals surface area contributed by atoms with Gasteiger partial charge in [0, 0.05) is 0 Å². The van der Waals surface area contributed by atoms with E-state index in [2.05, 4.69) is 102 Å². The van der Waals surface area contributed by atoms with Gasteiger partial charge in [-0.05, 0) is 48.8 Å². The van der Waals surface area contributed by atoms with Gasteiger partial charge in [0.1, 0.15) is 0 Å². The number of hydrogen-bond acceptors (Lipinski definition) is 0. The molecule has 3 aromatic carbocycles. The zero-order chi connectivity index (χ0) is 16.7. The van der Waals surface area contributed by atoms with Crippen molar-refractivity contribution in [3.05, 3.63) is 90.0 Å². The first-order chi connectivity index (χ1) is 11.3. The molecule has 0 bridgehead atoms. The van der Waals surface area contributed by atoms with Crippen LogP contribution in [0.15, 0.2) is 78.9 Å². The molecule has 0 aliphatic rings. The summed E-state index contributed by atoms with van der Waals surface area (Å²) < 4.78 is 0. The minimum atomic E-state index is -0.488. The Morgan fingerprint density at radius 2 is 1.00 bits per heavy atom. The maximum atomic E-state index is 4.58. The van der Waals surface area contributed by atoms with Crippen molar-refractivity contribution in [2.75, 3.05) is 0 Å². The molecule has 3 heteroatoms. The van der Waals surface area contributed by atoms with Crippen LogP contribution in [0.25, 0.3) is 0 Å². The molecule has 0 amide bonds. The van der Waals surface area contributed by atoms with Crippen molar-refractivity contribution in [3.8, 4) is 0 Å². The summed E-state index contributed by atoms with van der Waals surface area (Å²) in [5.74, 6) is 0. The summed E-state index contributed by atoms with van der Waals surface area (Å²) in [5.41, 5.74) is 2.74. The van der Waals surface area contributed by atoms with Crippen LogP contribution in [0, 0.1) is 13.8 Å². The van der Waals surface area contributed by atoms with E-state index >= 15 is 0 Å². The second-order valence-electron chi connectivity index (χ2n) is 5.24. The first-order valence-corrected chi connectivity index (χ1v) is 11.4. The summed E-state index contributed by atoms with van der Waals surface area (Å²) >= 11 is 1.75. The zero-order valence-corrected chi connectivity index (χ0v) is 16.9. The van der Waals surface area contributed by atoms with Gasteiger partial charge in [-0.15, -0.1) is 0 Å². The third-order valence-electron chi connectivity index (χ3n) is 3.73. The number of hydrogen-bond donors (Lipinski definition) is 0. The molecule has 0 spiro atoms. The first kappa shape index (κ1) is 18.5. The van der Waals surface area contributed by atoms with Crippen molar-refractivity contribution >= 4 is 33.0 Å². The Kier molecular flexibility index (Phi) is 7.56. The van der Waals surface area contributed by atoms with Crippen LogP contribution in [0.4, 0.5) is 0 Å². The molecule has 0 fully saturated rings. The van der Waals surface area contributed by atoms with E-state index in [9.17, 15) is 0 Å². The van der Waals surface area contributed by atoms with Crippen LogP contribution in [-0.4, -0.2) is 0 Å². The Labute approximate surface area is 156 Å². The van der Waals surface area contributed by atoms with Gasteiger partial charge in [-0.25, -0.2) is 0 Å². The van der Waals surface area contributed by atoms with Crippen LogP contribution >= 0.6 is 17.1 Å². The van der Waals surface area contributed by atoms with Gasteiger partial charge in [0.25, 0.3) is 0 Å². The maximum absolute atomic E-state index is 4.58. The van der Waals surface area contributed by atoms with E-state index < -0.39 is 7.92 Å². The summed E-state index contributed by atoms with van der Waals surface area (Å²) in [6.45, 7) is 4.43. The second kappa shape index (κ2) is 9.42. The van der Waals surface area contributed by atoms with E-state index in [0.717, 1.165) is 0 Å². The van der Waals surface area contributed by atoms with Gasteiger partial charge in [0.05, 0.1) is 0 Å². The predicted octanol–water partition coefficient (Wildman–Crippen LogP) is 4.75. The van der Waals surface area contributed by atoms with E-state index in [4.69, 9.17) is 0 Å². The Morgan fingerprint density at radius 3 is 1.43 bits per heavy atom. The van der Waals surface area contributed by atoms with E-state index in [1.54, 1.807) is 20.0 Å². The van der Waals surface area contributed by atoms with Gasteiger partial charge in [0.15, 0.2) is 0 Å². The van der Waals surface area contributed by atoms with Gasteiger partial charge in [-0.3, -0.25) is 0 Å². The fourth-order valence-electron chi connectivity index (χ4n) is 2.61. The number of halogens is 1. The summed E-state index contributed by atoms with van der Waals surface area (Å²) in [6, 6.07) is 28.4. The molecule has 0 saturated carbocycles. The molecule has 0 aliphatic carbocycles. The molecule has 0 nitrogen and oxygen atoms in total. The van der Waals surface area contributed by atoms with Crippen molar-refractivity contribution in [2.45, 2.75) is 13.8 Å². The van der Waals surface area contributed by atoms with Crippen LogP contribution in [-0.2, 0) is 20.0 Å². The first-order valence-electron chi connectivity index (χ1n) is 7.35. The van der Waals surface area contributed by atoms with Crippen LogP contribution in [0.5, 0.6) is 0 Å². The summed E-state index contributed by atoms with van der Waals surface area (Å²) in [5, 5.41) is 4.32. The van der Waals surface area contributed by atoms with Crippen LogP contribution in [0.2, 0.25) is 0 Å². The Bertz CT molecular complexity index is 698. The fourth-order valence-corrected chi connectivity index (χ4v) is 5.22. The molecule has 3 aromatic rings. The summed E-state index contributed by atoms with van der Waals surface area (Å²) in [4.78, 5) is 0. The molecule has 0 saturated heterocycles. The SMILES string of the molecule is Cc1ccccc1P(c1ccccc1)c1ccccc1C.[Cl][Au]. The van der Waals surface area contributed by atoms with Crippen LogP contribution in [0.1, 0.15) is 11.1 Å². The Balaban J connectivity index is 0.000000924. The second-order valence-corrected chi connectivity index (χ2v) is 7.39. The molecule has 0 aliphatic heterocycles. The van der Waals surface area contributed by atoms with Crippen LogP contribution < -0.4 is 15.9 Å². The molecule has 0 N–H and O–H groups in total. The van der Waals surface area contributed by atoms with Crippen LogP contribution in [0.3, 0.4) is 0 Å². The Hall–Kier alpha value is -0.880. The number of benzene rings is 3. The quantitative estimate of drug-likeness (QED) is 0.344. The van der Waals surface area contributed by atoms with Crippen molar-refractivity contribution in [2.24, 2.45) is 0 Å². The van der Waals surface area contributed by atoms with Crippen molar-refractivity contribution in [1.82, 2.24) is 0 Å². The van der Waals surface area contributed by atoms with E-state index in [1.807, 2.05) is 0 Å². The monoisotopic (exact) mass is 522 g/mol. The Morgan fingerprint density at radius 1 is 0.609 bits per heavy atom. The molecule has 122 valence electrons. The normalized spacial score (nSPS) is 10.2. The van der Waals surface area contributed by atoms with Gasteiger partial charge < -0.3 is 0 Å². The third-order valence-corrected chi connectivity index (χ3v) is 6.51. The molecule has 0 heterocycles. The molecule has 0 radical (unpaired) electrons. The van der Waals surface area contributed by atoms with Crippen molar-refractivity contribution < 1.29 is 20.0 Å². The van der Waals surface area contributed by atoms with Gasteiger partial charge >= 0.3 is 29.2 Å². The summed E-state index contributed by atoms with van der Waals surface area (Å²) in [7, 11) is 4.10. The predicted molar refractivity (Wildman–Crippen MR) is 100 cm³/mol. The van der Waals surface area contributed by atoms with E-state index in [-0.39, 0.29) is 0 Å². The average Bonchev–Trinajstić information content (AvgIpc) is 2.61. The molecule has 0 unspecified atom stereocenters. The third kappa shape index (κ3) is 4.57. The van der Waals surface area contributed by atoms with Gasteiger partial charge in [-0.2, -0.15) is 0 Å².